The van der Waals surface area contributed by atoms with Crippen LogP contribution in [0.15, 0.2) is 78.1 Å². The molecule has 1 amide bonds. The standard InChI is InChI=1S/C28H28FN5O5S/c1-18(2)17-39-22-15-20(14-21(29)16-22)24-7-6-23(28(32-24)38-13-10-19-8-11-31-12-9-19)27(35)34-40(36,37)26-5-3-4-25(30)33-26/h3-9,11-12,14-16,18H,10,13,17H2,1-2H3,(H2,30,33)(H,34,35). The zero-order chi connectivity index (χ0) is 28.7. The van der Waals surface area contributed by atoms with Crippen molar-refractivity contribution in [3.05, 3.63) is 90.0 Å². The lowest BCUT2D eigenvalue weighted by atomic mass is 10.1. The number of rotatable bonds is 11. The number of nitrogen functional groups attached to an aromatic ring is 1. The first kappa shape index (κ1) is 28.4. The summed E-state index contributed by atoms with van der Waals surface area (Å²) in [4.78, 5) is 25.3. The number of pyridine rings is 3. The van der Waals surface area contributed by atoms with E-state index in [4.69, 9.17) is 15.2 Å². The van der Waals surface area contributed by atoms with E-state index in [1.165, 1.54) is 42.5 Å². The van der Waals surface area contributed by atoms with Gasteiger partial charge < -0.3 is 15.2 Å². The van der Waals surface area contributed by atoms with Gasteiger partial charge in [-0.2, -0.15) is 8.42 Å². The maximum atomic E-state index is 14.4. The van der Waals surface area contributed by atoms with E-state index in [2.05, 4.69) is 15.0 Å². The number of ether oxygens (including phenoxy) is 2. The Morgan fingerprint density at radius 3 is 2.52 bits per heavy atom. The minimum Gasteiger partial charge on any atom is -0.493 e. The lowest BCUT2D eigenvalue weighted by molar-refractivity contribution is 0.0976. The highest BCUT2D eigenvalue weighted by Crippen LogP contribution is 2.28. The van der Waals surface area contributed by atoms with Gasteiger partial charge in [0.05, 0.1) is 18.9 Å². The number of halogens is 1. The van der Waals surface area contributed by atoms with E-state index < -0.39 is 26.8 Å². The van der Waals surface area contributed by atoms with Crippen molar-refractivity contribution in [2.75, 3.05) is 18.9 Å². The Bertz CT molecular complexity index is 1600. The van der Waals surface area contributed by atoms with Crippen molar-refractivity contribution in [2.45, 2.75) is 25.3 Å². The number of amides is 1. The molecule has 0 aliphatic rings. The molecule has 3 N–H and O–H groups in total. The minimum atomic E-state index is -4.34. The van der Waals surface area contributed by atoms with E-state index in [0.717, 1.165) is 5.56 Å². The lowest BCUT2D eigenvalue weighted by Gasteiger charge is -2.14. The summed E-state index contributed by atoms with van der Waals surface area (Å²) in [6.07, 6.45) is 3.75. The topological polar surface area (TPSA) is 146 Å². The van der Waals surface area contributed by atoms with E-state index >= 15 is 0 Å². The molecule has 12 heteroatoms. The summed E-state index contributed by atoms with van der Waals surface area (Å²) in [5, 5.41) is -0.417. The number of sulfonamides is 1. The van der Waals surface area contributed by atoms with Gasteiger partial charge in [-0.3, -0.25) is 9.78 Å². The smallest absolute Gasteiger partial charge is 0.281 e. The van der Waals surface area contributed by atoms with Crippen LogP contribution in [0.1, 0.15) is 29.8 Å². The number of nitrogens with zero attached hydrogens (tertiary/aromatic N) is 3. The number of benzene rings is 1. The van der Waals surface area contributed by atoms with Crippen molar-refractivity contribution in [3.8, 4) is 22.9 Å². The average Bonchev–Trinajstić information content (AvgIpc) is 2.92. The second-order valence-corrected chi connectivity index (χ2v) is 10.8. The van der Waals surface area contributed by atoms with E-state index in [0.29, 0.717) is 30.0 Å². The summed E-state index contributed by atoms with van der Waals surface area (Å²) < 4.78 is 53.5. The molecular weight excluding hydrogens is 537 g/mol. The highest BCUT2D eigenvalue weighted by Gasteiger charge is 2.24. The van der Waals surface area contributed by atoms with Crippen molar-refractivity contribution in [3.63, 3.8) is 0 Å². The molecule has 4 aromatic rings. The Labute approximate surface area is 231 Å². The van der Waals surface area contributed by atoms with Crippen LogP contribution < -0.4 is 19.9 Å². The largest absolute Gasteiger partial charge is 0.493 e. The van der Waals surface area contributed by atoms with Crippen molar-refractivity contribution < 1.29 is 27.1 Å². The average molecular weight is 566 g/mol. The summed E-state index contributed by atoms with van der Waals surface area (Å²) in [5.74, 6) is -1.10. The summed E-state index contributed by atoms with van der Waals surface area (Å²) in [7, 11) is -4.34. The Balaban J connectivity index is 1.65. The van der Waals surface area contributed by atoms with Gasteiger partial charge >= 0.3 is 0 Å². The number of carbonyl (C=O) groups excluding carboxylic acids is 1. The molecule has 208 valence electrons. The monoisotopic (exact) mass is 565 g/mol. The first-order valence-corrected chi connectivity index (χ1v) is 13.9. The Morgan fingerprint density at radius 2 is 1.80 bits per heavy atom. The van der Waals surface area contributed by atoms with Gasteiger partial charge in [-0.05, 0) is 60.0 Å². The fourth-order valence-electron chi connectivity index (χ4n) is 3.57. The van der Waals surface area contributed by atoms with E-state index in [1.807, 2.05) is 30.7 Å². The fraction of sp³-hybridized carbons (Fsp3) is 0.214. The molecule has 3 heterocycles. The van der Waals surface area contributed by atoms with Crippen LogP contribution in [0.5, 0.6) is 11.6 Å². The summed E-state index contributed by atoms with van der Waals surface area (Å²) in [6, 6.07) is 14.7. The van der Waals surface area contributed by atoms with Gasteiger partial charge in [0.25, 0.3) is 15.9 Å². The molecule has 0 saturated heterocycles. The van der Waals surface area contributed by atoms with Crippen LogP contribution in [0, 0.1) is 11.7 Å². The summed E-state index contributed by atoms with van der Waals surface area (Å²) in [6.45, 7) is 4.47. The molecule has 0 unspecified atom stereocenters. The number of nitrogens with two attached hydrogens (primary N) is 1. The van der Waals surface area contributed by atoms with E-state index in [9.17, 15) is 17.6 Å². The normalized spacial score (nSPS) is 11.3. The van der Waals surface area contributed by atoms with E-state index in [-0.39, 0.29) is 29.8 Å². The molecule has 0 spiro atoms. The molecule has 0 bridgehead atoms. The molecule has 0 aliphatic carbocycles. The van der Waals surface area contributed by atoms with Crippen molar-refractivity contribution in [2.24, 2.45) is 5.92 Å². The minimum absolute atomic E-state index is 0.0201. The van der Waals surface area contributed by atoms with Crippen LogP contribution in [0.2, 0.25) is 0 Å². The Kier molecular flexibility index (Phi) is 8.90. The molecule has 0 fully saturated rings. The van der Waals surface area contributed by atoms with Crippen molar-refractivity contribution in [1.29, 1.82) is 0 Å². The second kappa shape index (κ2) is 12.5. The second-order valence-electron chi connectivity index (χ2n) is 9.22. The van der Waals surface area contributed by atoms with Gasteiger partial charge in [0.1, 0.15) is 22.9 Å². The first-order chi connectivity index (χ1) is 19.1. The number of aromatic nitrogens is 3. The number of carbonyl (C=O) groups is 1. The molecule has 4 rings (SSSR count). The van der Waals surface area contributed by atoms with Gasteiger partial charge in [-0.1, -0.05) is 19.9 Å². The summed E-state index contributed by atoms with van der Waals surface area (Å²) >= 11 is 0. The molecule has 10 nitrogen and oxygen atoms in total. The third-order valence-corrected chi connectivity index (χ3v) is 6.71. The van der Waals surface area contributed by atoms with Crippen LogP contribution in [0.3, 0.4) is 0 Å². The van der Waals surface area contributed by atoms with Gasteiger partial charge in [-0.25, -0.2) is 19.1 Å². The predicted octanol–water partition coefficient (Wildman–Crippen LogP) is 4.03. The highest BCUT2D eigenvalue weighted by atomic mass is 32.2. The molecule has 0 saturated carbocycles. The van der Waals surface area contributed by atoms with Crippen LogP contribution in [-0.2, 0) is 16.4 Å². The van der Waals surface area contributed by atoms with Crippen molar-refractivity contribution >= 4 is 21.7 Å². The molecule has 40 heavy (non-hydrogen) atoms. The highest BCUT2D eigenvalue weighted by molar-refractivity contribution is 7.90. The van der Waals surface area contributed by atoms with Crippen LogP contribution in [0.25, 0.3) is 11.3 Å². The number of hydrogen-bond donors (Lipinski definition) is 2. The molecule has 0 radical (unpaired) electrons. The molecule has 0 aliphatic heterocycles. The number of anilines is 1. The van der Waals surface area contributed by atoms with Gasteiger partial charge in [0.2, 0.25) is 5.88 Å². The maximum absolute atomic E-state index is 14.4. The SMILES string of the molecule is CC(C)COc1cc(F)cc(-c2ccc(C(=O)NS(=O)(=O)c3cccc(N)n3)c(OCCc3ccncc3)n2)c1. The quantitative estimate of drug-likeness (QED) is 0.275. The zero-order valence-corrected chi connectivity index (χ0v) is 22.7. The molecule has 0 atom stereocenters. The van der Waals surface area contributed by atoms with Gasteiger partial charge in [0, 0.05) is 30.4 Å². The van der Waals surface area contributed by atoms with Gasteiger partial charge in [0.15, 0.2) is 5.03 Å². The molecular formula is C28H28FN5O5S. The van der Waals surface area contributed by atoms with Crippen LogP contribution in [-0.4, -0.2) is 42.5 Å². The maximum Gasteiger partial charge on any atom is 0.281 e. The number of hydrogen-bond acceptors (Lipinski definition) is 9. The third-order valence-electron chi connectivity index (χ3n) is 5.48. The Hall–Kier alpha value is -4.58. The molecule has 3 aromatic heterocycles. The zero-order valence-electron chi connectivity index (χ0n) is 21.9. The third kappa shape index (κ3) is 7.50. The summed E-state index contributed by atoms with van der Waals surface area (Å²) in [5.41, 5.74) is 7.07. The Morgan fingerprint density at radius 1 is 1.02 bits per heavy atom. The van der Waals surface area contributed by atoms with E-state index in [1.54, 1.807) is 18.5 Å². The molecule has 1 aromatic carbocycles. The van der Waals surface area contributed by atoms with Crippen LogP contribution in [0.4, 0.5) is 10.2 Å². The number of nitrogens with one attached hydrogen (secondary N) is 1. The van der Waals surface area contributed by atoms with Crippen LogP contribution >= 0.6 is 0 Å². The lowest BCUT2D eigenvalue weighted by Crippen LogP contribution is -2.31. The van der Waals surface area contributed by atoms with Crippen molar-refractivity contribution in [1.82, 2.24) is 19.7 Å². The first-order valence-electron chi connectivity index (χ1n) is 12.4. The van der Waals surface area contributed by atoms with Gasteiger partial charge in [-0.15, -0.1) is 0 Å². The fourth-order valence-corrected chi connectivity index (χ4v) is 4.51. The predicted molar refractivity (Wildman–Crippen MR) is 147 cm³/mol.